The standard InChI is InChI=1S/C13H18BClFNO2/c1-12(2)13(3,4)19-14(18-12)11(17)8-5-9(15)7-10(16)6-8/h5-7,11H,17H2,1-4H3/t11-/m0/s1. The smallest absolute Gasteiger partial charge is 0.402 e. The molecule has 104 valence electrons. The first-order valence-corrected chi connectivity index (χ1v) is 6.57. The molecule has 0 aliphatic carbocycles. The SMILES string of the molecule is CC1(C)OB([C@@H](N)c2cc(F)cc(Cl)c2)OC1(C)C. The Morgan fingerprint density at radius 2 is 1.68 bits per heavy atom. The van der Waals surface area contributed by atoms with Gasteiger partial charge in [-0.05, 0) is 51.5 Å². The van der Waals surface area contributed by atoms with Crippen LogP contribution < -0.4 is 5.73 Å². The molecule has 2 N–H and O–H groups in total. The molecule has 1 aromatic rings. The lowest BCUT2D eigenvalue weighted by Crippen LogP contribution is -2.41. The van der Waals surface area contributed by atoms with E-state index in [4.69, 9.17) is 26.6 Å². The molecule has 1 aromatic carbocycles. The summed E-state index contributed by atoms with van der Waals surface area (Å²) in [6.45, 7) is 7.77. The lowest BCUT2D eigenvalue weighted by molar-refractivity contribution is 0.00578. The Morgan fingerprint density at radius 1 is 1.16 bits per heavy atom. The van der Waals surface area contributed by atoms with Crippen LogP contribution in [-0.2, 0) is 9.31 Å². The number of benzene rings is 1. The summed E-state index contributed by atoms with van der Waals surface area (Å²) < 4.78 is 25.1. The van der Waals surface area contributed by atoms with Gasteiger partial charge in [-0.1, -0.05) is 11.6 Å². The van der Waals surface area contributed by atoms with Gasteiger partial charge < -0.3 is 15.0 Å². The van der Waals surface area contributed by atoms with Crippen molar-refractivity contribution in [2.75, 3.05) is 0 Å². The molecule has 19 heavy (non-hydrogen) atoms. The van der Waals surface area contributed by atoms with Gasteiger partial charge in [-0.2, -0.15) is 0 Å². The summed E-state index contributed by atoms with van der Waals surface area (Å²) >= 11 is 5.84. The van der Waals surface area contributed by atoms with Gasteiger partial charge >= 0.3 is 7.12 Å². The molecule has 0 radical (unpaired) electrons. The zero-order valence-corrected chi connectivity index (χ0v) is 12.3. The van der Waals surface area contributed by atoms with Gasteiger partial charge in [0, 0.05) is 5.02 Å². The molecule has 6 heteroatoms. The molecular weight excluding hydrogens is 267 g/mol. The molecule has 0 unspecified atom stereocenters. The van der Waals surface area contributed by atoms with E-state index >= 15 is 0 Å². The topological polar surface area (TPSA) is 44.5 Å². The first kappa shape index (κ1) is 14.8. The molecule has 0 saturated carbocycles. The van der Waals surface area contributed by atoms with Gasteiger partial charge in [0.05, 0.1) is 17.1 Å². The molecular formula is C13H18BClFNO2. The first-order valence-electron chi connectivity index (χ1n) is 6.20. The van der Waals surface area contributed by atoms with Gasteiger partial charge in [0.2, 0.25) is 0 Å². The molecule has 1 aliphatic rings. The van der Waals surface area contributed by atoms with Crippen molar-refractivity contribution < 1.29 is 13.7 Å². The molecule has 1 fully saturated rings. The fourth-order valence-corrected chi connectivity index (χ4v) is 2.19. The van der Waals surface area contributed by atoms with Gasteiger partial charge in [-0.25, -0.2) is 4.39 Å². The number of nitrogens with two attached hydrogens (primary N) is 1. The van der Waals surface area contributed by atoms with Crippen LogP contribution in [0.15, 0.2) is 18.2 Å². The van der Waals surface area contributed by atoms with Crippen molar-refractivity contribution in [3.63, 3.8) is 0 Å². The Kier molecular flexibility index (Phi) is 3.69. The maximum absolute atomic E-state index is 13.4. The monoisotopic (exact) mass is 285 g/mol. The minimum absolute atomic E-state index is 0.307. The highest BCUT2D eigenvalue weighted by Gasteiger charge is 2.53. The Morgan fingerprint density at radius 3 is 2.16 bits per heavy atom. The van der Waals surface area contributed by atoms with E-state index in [1.807, 2.05) is 27.7 Å². The van der Waals surface area contributed by atoms with E-state index in [1.165, 1.54) is 12.1 Å². The van der Waals surface area contributed by atoms with Crippen LogP contribution in [0, 0.1) is 5.82 Å². The highest BCUT2D eigenvalue weighted by Crippen LogP contribution is 2.39. The van der Waals surface area contributed by atoms with Crippen molar-refractivity contribution in [1.82, 2.24) is 0 Å². The third kappa shape index (κ3) is 2.79. The van der Waals surface area contributed by atoms with Crippen LogP contribution in [0.1, 0.15) is 39.2 Å². The van der Waals surface area contributed by atoms with Gasteiger partial charge in [-0.15, -0.1) is 0 Å². The minimum atomic E-state index is -0.622. The number of halogens is 2. The lowest BCUT2D eigenvalue weighted by atomic mass is 9.75. The van der Waals surface area contributed by atoms with Crippen LogP contribution in [-0.4, -0.2) is 18.3 Å². The summed E-state index contributed by atoms with van der Waals surface area (Å²) in [6, 6.07) is 4.21. The fourth-order valence-electron chi connectivity index (χ4n) is 1.96. The Hall–Kier alpha value is -0.615. The van der Waals surface area contributed by atoms with Crippen LogP contribution in [0.2, 0.25) is 5.02 Å². The zero-order valence-electron chi connectivity index (χ0n) is 11.5. The Labute approximate surface area is 118 Å². The molecule has 1 aliphatic heterocycles. The van der Waals surface area contributed by atoms with Crippen molar-refractivity contribution in [3.8, 4) is 0 Å². The molecule has 1 saturated heterocycles. The van der Waals surface area contributed by atoms with Crippen molar-refractivity contribution in [2.45, 2.75) is 44.8 Å². The summed E-state index contributed by atoms with van der Waals surface area (Å²) in [5.74, 6) is -1.01. The Bertz CT molecular complexity index is 459. The number of hydrogen-bond donors (Lipinski definition) is 1. The average molecular weight is 286 g/mol. The van der Waals surface area contributed by atoms with Crippen molar-refractivity contribution >= 4 is 18.7 Å². The van der Waals surface area contributed by atoms with Crippen LogP contribution >= 0.6 is 11.6 Å². The molecule has 0 bridgehead atoms. The van der Waals surface area contributed by atoms with E-state index in [0.29, 0.717) is 10.6 Å². The predicted octanol–water partition coefficient (Wildman–Crippen LogP) is 3.11. The second kappa shape index (κ2) is 4.74. The second-order valence-corrected chi connectivity index (χ2v) is 6.29. The molecule has 0 aromatic heterocycles. The predicted molar refractivity (Wildman–Crippen MR) is 74.4 cm³/mol. The van der Waals surface area contributed by atoms with E-state index < -0.39 is 30.1 Å². The Balaban J connectivity index is 2.24. The zero-order chi connectivity index (χ0) is 14.4. The summed E-state index contributed by atoms with van der Waals surface area (Å²) in [4.78, 5) is 0. The van der Waals surface area contributed by atoms with Crippen LogP contribution in [0.3, 0.4) is 0 Å². The lowest BCUT2D eigenvalue weighted by Gasteiger charge is -2.32. The van der Waals surface area contributed by atoms with Crippen molar-refractivity contribution in [2.24, 2.45) is 5.73 Å². The summed E-state index contributed by atoms with van der Waals surface area (Å²) in [5.41, 5.74) is 5.73. The first-order chi connectivity index (χ1) is 8.62. The fraction of sp³-hybridized carbons (Fsp3) is 0.538. The summed E-state index contributed by atoms with van der Waals surface area (Å²) in [5, 5.41) is 0.307. The third-order valence-electron chi connectivity index (χ3n) is 3.83. The quantitative estimate of drug-likeness (QED) is 0.849. The number of hydrogen-bond acceptors (Lipinski definition) is 3. The highest BCUT2D eigenvalue weighted by molar-refractivity contribution is 6.47. The minimum Gasteiger partial charge on any atom is -0.402 e. The van der Waals surface area contributed by atoms with Crippen LogP contribution in [0.25, 0.3) is 0 Å². The molecule has 0 amide bonds. The van der Waals surface area contributed by atoms with Crippen LogP contribution in [0.5, 0.6) is 0 Å². The van der Waals surface area contributed by atoms with Crippen molar-refractivity contribution in [1.29, 1.82) is 0 Å². The maximum Gasteiger partial charge on any atom is 0.480 e. The van der Waals surface area contributed by atoms with Gasteiger partial charge in [0.1, 0.15) is 5.82 Å². The summed E-state index contributed by atoms with van der Waals surface area (Å²) in [7, 11) is -0.622. The molecule has 2 rings (SSSR count). The normalized spacial score (nSPS) is 22.6. The second-order valence-electron chi connectivity index (χ2n) is 5.85. The molecule has 0 spiro atoms. The van der Waals surface area contributed by atoms with E-state index in [-0.39, 0.29) is 0 Å². The van der Waals surface area contributed by atoms with Crippen molar-refractivity contribution in [3.05, 3.63) is 34.6 Å². The molecule has 3 nitrogen and oxygen atoms in total. The van der Waals surface area contributed by atoms with E-state index in [0.717, 1.165) is 0 Å². The van der Waals surface area contributed by atoms with Crippen LogP contribution in [0.4, 0.5) is 4.39 Å². The molecule has 1 heterocycles. The van der Waals surface area contributed by atoms with E-state index in [9.17, 15) is 4.39 Å². The van der Waals surface area contributed by atoms with Gasteiger partial charge in [-0.3, -0.25) is 0 Å². The third-order valence-corrected chi connectivity index (χ3v) is 4.05. The number of rotatable bonds is 2. The molecule has 1 atom stereocenters. The largest absolute Gasteiger partial charge is 0.480 e. The summed E-state index contributed by atoms with van der Waals surface area (Å²) in [6.07, 6.45) is 0. The van der Waals surface area contributed by atoms with E-state index in [1.54, 1.807) is 6.07 Å². The maximum atomic E-state index is 13.4. The highest BCUT2D eigenvalue weighted by atomic mass is 35.5. The van der Waals surface area contributed by atoms with Gasteiger partial charge in [0.25, 0.3) is 0 Å². The van der Waals surface area contributed by atoms with Gasteiger partial charge in [0.15, 0.2) is 0 Å². The van der Waals surface area contributed by atoms with E-state index in [2.05, 4.69) is 0 Å². The average Bonchev–Trinajstić information content (AvgIpc) is 2.45.